The molecule has 1 N–H and O–H groups in total. The lowest BCUT2D eigenvalue weighted by Crippen LogP contribution is -2.32. The van der Waals surface area contributed by atoms with Gasteiger partial charge in [0.15, 0.2) is 5.13 Å². The second-order valence-corrected chi connectivity index (χ2v) is 5.62. The minimum absolute atomic E-state index is 0.117. The zero-order valence-corrected chi connectivity index (χ0v) is 10.9. The predicted octanol–water partition coefficient (Wildman–Crippen LogP) is 2.71. The summed E-state index contributed by atoms with van der Waals surface area (Å²) in [6, 6.07) is 0.583. The minimum Gasteiger partial charge on any atom is -0.391 e. The molecule has 1 aromatic rings. The number of hydrogen-bond acceptors (Lipinski definition) is 4. The SMILES string of the molecule is Cc1nc(N2CCCCCC2C)sc1CO. The Morgan fingerprint density at radius 3 is 2.94 bits per heavy atom. The van der Waals surface area contributed by atoms with Crippen molar-refractivity contribution in [1.29, 1.82) is 0 Å². The number of thiazole rings is 1. The molecule has 1 saturated heterocycles. The van der Waals surface area contributed by atoms with Crippen LogP contribution in [0, 0.1) is 6.92 Å². The second-order valence-electron chi connectivity index (χ2n) is 4.55. The molecule has 0 aromatic carbocycles. The molecule has 0 amide bonds. The van der Waals surface area contributed by atoms with E-state index in [-0.39, 0.29) is 6.61 Å². The van der Waals surface area contributed by atoms with E-state index in [1.807, 2.05) is 6.92 Å². The molecule has 0 aliphatic carbocycles. The van der Waals surface area contributed by atoms with Crippen LogP contribution < -0.4 is 4.90 Å². The van der Waals surface area contributed by atoms with Crippen LogP contribution in [-0.4, -0.2) is 22.7 Å². The van der Waals surface area contributed by atoms with Gasteiger partial charge in [-0.05, 0) is 26.7 Å². The smallest absolute Gasteiger partial charge is 0.186 e. The molecule has 2 rings (SSSR count). The first-order valence-corrected chi connectivity index (χ1v) is 6.88. The van der Waals surface area contributed by atoms with Gasteiger partial charge in [-0.3, -0.25) is 0 Å². The molecule has 1 aromatic heterocycles. The van der Waals surface area contributed by atoms with Crippen LogP contribution in [0.5, 0.6) is 0 Å². The van der Waals surface area contributed by atoms with Gasteiger partial charge in [0.05, 0.1) is 17.2 Å². The lowest BCUT2D eigenvalue weighted by atomic mass is 10.1. The molecule has 1 atom stereocenters. The van der Waals surface area contributed by atoms with Gasteiger partial charge in [0.2, 0.25) is 0 Å². The van der Waals surface area contributed by atoms with E-state index in [4.69, 9.17) is 0 Å². The fraction of sp³-hybridized carbons (Fsp3) is 0.750. The highest BCUT2D eigenvalue weighted by molar-refractivity contribution is 7.15. The number of aryl methyl sites for hydroxylation is 1. The fourth-order valence-corrected chi connectivity index (χ4v) is 3.29. The standard InChI is InChI=1S/C12H20N2OS/c1-9-6-4-3-5-7-14(9)12-13-10(2)11(8-15)16-12/h9,15H,3-8H2,1-2H3. The van der Waals surface area contributed by atoms with Crippen LogP contribution in [0.25, 0.3) is 0 Å². The van der Waals surface area contributed by atoms with Crippen LogP contribution in [0.2, 0.25) is 0 Å². The van der Waals surface area contributed by atoms with Gasteiger partial charge in [-0.15, -0.1) is 0 Å². The largest absolute Gasteiger partial charge is 0.391 e. The topological polar surface area (TPSA) is 36.4 Å². The van der Waals surface area contributed by atoms with Crippen molar-refractivity contribution in [2.24, 2.45) is 0 Å². The fourth-order valence-electron chi connectivity index (χ4n) is 2.24. The van der Waals surface area contributed by atoms with Gasteiger partial charge in [-0.25, -0.2) is 4.98 Å². The Kier molecular flexibility index (Phi) is 3.82. The van der Waals surface area contributed by atoms with E-state index in [0.717, 1.165) is 22.2 Å². The Labute approximate surface area is 101 Å². The molecule has 0 radical (unpaired) electrons. The third kappa shape index (κ3) is 2.38. The highest BCUT2D eigenvalue weighted by Crippen LogP contribution is 2.30. The lowest BCUT2D eigenvalue weighted by molar-refractivity contribution is 0.284. The number of nitrogens with zero attached hydrogens (tertiary/aromatic N) is 2. The molecule has 1 fully saturated rings. The first-order chi connectivity index (χ1) is 7.72. The van der Waals surface area contributed by atoms with Gasteiger partial charge < -0.3 is 10.0 Å². The average molecular weight is 240 g/mol. The average Bonchev–Trinajstić information content (AvgIpc) is 2.50. The molecule has 16 heavy (non-hydrogen) atoms. The van der Waals surface area contributed by atoms with E-state index in [1.54, 1.807) is 11.3 Å². The first-order valence-electron chi connectivity index (χ1n) is 6.06. The third-order valence-electron chi connectivity index (χ3n) is 3.32. The van der Waals surface area contributed by atoms with Gasteiger partial charge in [0.1, 0.15) is 0 Å². The highest BCUT2D eigenvalue weighted by Gasteiger charge is 2.20. The Balaban J connectivity index is 2.20. The summed E-state index contributed by atoms with van der Waals surface area (Å²) in [5, 5.41) is 10.3. The van der Waals surface area contributed by atoms with E-state index in [0.29, 0.717) is 6.04 Å². The maximum absolute atomic E-state index is 9.20. The van der Waals surface area contributed by atoms with Crippen LogP contribution >= 0.6 is 11.3 Å². The van der Waals surface area contributed by atoms with Gasteiger partial charge >= 0.3 is 0 Å². The van der Waals surface area contributed by atoms with Crippen molar-refractivity contribution in [2.45, 2.75) is 52.2 Å². The van der Waals surface area contributed by atoms with E-state index in [2.05, 4.69) is 16.8 Å². The number of rotatable bonds is 2. The highest BCUT2D eigenvalue weighted by atomic mass is 32.1. The molecule has 1 aliphatic rings. The lowest BCUT2D eigenvalue weighted by Gasteiger charge is -2.26. The van der Waals surface area contributed by atoms with E-state index >= 15 is 0 Å². The Morgan fingerprint density at radius 2 is 2.25 bits per heavy atom. The zero-order chi connectivity index (χ0) is 11.5. The number of aliphatic hydroxyl groups excluding tert-OH is 1. The summed E-state index contributed by atoms with van der Waals surface area (Å²) in [5.41, 5.74) is 0.985. The Bertz CT molecular complexity index is 351. The summed E-state index contributed by atoms with van der Waals surface area (Å²) in [5.74, 6) is 0. The monoisotopic (exact) mass is 240 g/mol. The van der Waals surface area contributed by atoms with Gasteiger partial charge in [-0.2, -0.15) is 0 Å². The Hall–Kier alpha value is -0.610. The molecule has 1 aliphatic heterocycles. The molecule has 2 heterocycles. The van der Waals surface area contributed by atoms with Gasteiger partial charge in [0.25, 0.3) is 0 Å². The molecule has 90 valence electrons. The quantitative estimate of drug-likeness (QED) is 0.863. The Morgan fingerprint density at radius 1 is 1.44 bits per heavy atom. The maximum atomic E-state index is 9.20. The van der Waals surface area contributed by atoms with E-state index in [1.165, 1.54) is 25.7 Å². The molecule has 0 saturated carbocycles. The number of hydrogen-bond donors (Lipinski definition) is 1. The first kappa shape index (κ1) is 11.9. The predicted molar refractivity (Wildman–Crippen MR) is 68.0 cm³/mol. The maximum Gasteiger partial charge on any atom is 0.186 e. The van der Waals surface area contributed by atoms with E-state index in [9.17, 15) is 5.11 Å². The third-order valence-corrected chi connectivity index (χ3v) is 4.50. The van der Waals surface area contributed by atoms with Crippen molar-refractivity contribution in [3.05, 3.63) is 10.6 Å². The van der Waals surface area contributed by atoms with Crippen molar-refractivity contribution in [1.82, 2.24) is 4.98 Å². The van der Waals surface area contributed by atoms with Crippen molar-refractivity contribution in [3.63, 3.8) is 0 Å². The van der Waals surface area contributed by atoms with Crippen molar-refractivity contribution < 1.29 is 5.11 Å². The van der Waals surface area contributed by atoms with Gasteiger partial charge in [-0.1, -0.05) is 24.2 Å². The van der Waals surface area contributed by atoms with E-state index < -0.39 is 0 Å². The summed E-state index contributed by atoms with van der Waals surface area (Å²) in [4.78, 5) is 7.99. The number of anilines is 1. The molecular formula is C12H20N2OS. The molecule has 3 nitrogen and oxygen atoms in total. The van der Waals surface area contributed by atoms with Crippen molar-refractivity contribution in [2.75, 3.05) is 11.4 Å². The minimum atomic E-state index is 0.117. The molecular weight excluding hydrogens is 220 g/mol. The number of aromatic nitrogens is 1. The zero-order valence-electron chi connectivity index (χ0n) is 10.1. The van der Waals surface area contributed by atoms with Crippen LogP contribution in [0.4, 0.5) is 5.13 Å². The van der Waals surface area contributed by atoms with Gasteiger partial charge in [0, 0.05) is 12.6 Å². The molecule has 0 bridgehead atoms. The number of aliphatic hydroxyl groups is 1. The van der Waals surface area contributed by atoms with Crippen LogP contribution in [-0.2, 0) is 6.61 Å². The summed E-state index contributed by atoms with van der Waals surface area (Å²) in [6.07, 6.45) is 5.18. The van der Waals surface area contributed by atoms with Crippen molar-refractivity contribution in [3.8, 4) is 0 Å². The summed E-state index contributed by atoms with van der Waals surface area (Å²) >= 11 is 1.64. The van der Waals surface area contributed by atoms with Crippen LogP contribution in [0.1, 0.15) is 43.2 Å². The second kappa shape index (κ2) is 5.15. The normalized spacial score (nSPS) is 22.2. The van der Waals surface area contributed by atoms with Crippen LogP contribution in [0.15, 0.2) is 0 Å². The molecule has 4 heteroatoms. The summed E-state index contributed by atoms with van der Waals surface area (Å²) < 4.78 is 0. The summed E-state index contributed by atoms with van der Waals surface area (Å²) in [7, 11) is 0. The molecule has 0 spiro atoms. The summed E-state index contributed by atoms with van der Waals surface area (Å²) in [6.45, 7) is 5.49. The molecule has 1 unspecified atom stereocenters. The van der Waals surface area contributed by atoms with Crippen molar-refractivity contribution >= 4 is 16.5 Å². The van der Waals surface area contributed by atoms with Crippen LogP contribution in [0.3, 0.4) is 0 Å².